The van der Waals surface area contributed by atoms with Gasteiger partial charge in [0.2, 0.25) is 0 Å². The van der Waals surface area contributed by atoms with Gasteiger partial charge in [0, 0.05) is 43.5 Å². The van der Waals surface area contributed by atoms with E-state index in [1.807, 2.05) is 12.1 Å². The number of hydrogen-bond donors (Lipinski definition) is 1. The molecule has 0 atom stereocenters. The van der Waals surface area contributed by atoms with Crippen LogP contribution in [-0.4, -0.2) is 42.1 Å². The van der Waals surface area contributed by atoms with Crippen LogP contribution in [0, 0.1) is 0 Å². The summed E-state index contributed by atoms with van der Waals surface area (Å²) in [5, 5.41) is 0. The number of rotatable bonds is 3. The van der Waals surface area contributed by atoms with Gasteiger partial charge >= 0.3 is 0 Å². The molecule has 1 aromatic rings. The predicted octanol–water partition coefficient (Wildman–Crippen LogP) is 1.85. The highest BCUT2D eigenvalue weighted by Gasteiger charge is 2.18. The molecule has 0 aromatic heterocycles. The second kappa shape index (κ2) is 5.67. The maximum absolute atomic E-state index is 5.60. The van der Waals surface area contributed by atoms with Gasteiger partial charge in [-0.2, -0.15) is 0 Å². The van der Waals surface area contributed by atoms with Gasteiger partial charge in [-0.25, -0.2) is 0 Å². The maximum atomic E-state index is 5.60. The summed E-state index contributed by atoms with van der Waals surface area (Å²) in [6, 6.07) is 8.88. The quantitative estimate of drug-likeness (QED) is 0.844. The molecular weight excluding hydrogens is 242 g/mol. The Morgan fingerprint density at radius 3 is 2.11 bits per heavy atom. The second-order valence-corrected chi connectivity index (χ2v) is 5.47. The first-order valence-electron chi connectivity index (χ1n) is 6.47. The zero-order chi connectivity index (χ0) is 13.1. The third-order valence-corrected chi connectivity index (χ3v) is 3.80. The average molecular weight is 263 g/mol. The van der Waals surface area contributed by atoms with Crippen LogP contribution in [0.1, 0.15) is 19.4 Å². The predicted molar refractivity (Wildman–Crippen MR) is 81.3 cm³/mol. The van der Waals surface area contributed by atoms with Gasteiger partial charge in [0.15, 0.2) is 0 Å². The van der Waals surface area contributed by atoms with Gasteiger partial charge in [-0.3, -0.25) is 4.90 Å². The van der Waals surface area contributed by atoms with Crippen molar-refractivity contribution in [2.75, 3.05) is 31.1 Å². The number of benzene rings is 1. The van der Waals surface area contributed by atoms with Crippen LogP contribution < -0.4 is 10.6 Å². The van der Waals surface area contributed by atoms with Crippen molar-refractivity contribution in [3.05, 3.63) is 29.8 Å². The van der Waals surface area contributed by atoms with Crippen LogP contribution in [0.4, 0.5) is 5.69 Å². The van der Waals surface area contributed by atoms with Crippen molar-refractivity contribution in [2.24, 2.45) is 5.73 Å². The minimum absolute atomic E-state index is 0.464. The van der Waals surface area contributed by atoms with Crippen molar-refractivity contribution in [1.29, 1.82) is 0 Å². The molecule has 1 heterocycles. The van der Waals surface area contributed by atoms with E-state index in [2.05, 4.69) is 35.8 Å². The molecule has 3 nitrogen and oxygen atoms in total. The third kappa shape index (κ3) is 3.00. The number of nitrogens with zero attached hydrogens (tertiary/aromatic N) is 2. The molecule has 0 amide bonds. The summed E-state index contributed by atoms with van der Waals surface area (Å²) in [6.07, 6.45) is 0. The largest absolute Gasteiger partial charge is 0.389 e. The highest BCUT2D eigenvalue weighted by molar-refractivity contribution is 7.80. The fourth-order valence-corrected chi connectivity index (χ4v) is 2.47. The topological polar surface area (TPSA) is 32.5 Å². The van der Waals surface area contributed by atoms with Crippen LogP contribution in [0.5, 0.6) is 0 Å². The van der Waals surface area contributed by atoms with Crippen molar-refractivity contribution in [1.82, 2.24) is 4.90 Å². The molecular formula is C14H21N3S. The smallest absolute Gasteiger partial charge is 0.103 e. The molecule has 18 heavy (non-hydrogen) atoms. The van der Waals surface area contributed by atoms with Crippen molar-refractivity contribution < 1.29 is 0 Å². The summed E-state index contributed by atoms with van der Waals surface area (Å²) in [5.74, 6) is 0. The molecule has 2 N–H and O–H groups in total. The van der Waals surface area contributed by atoms with Gasteiger partial charge in [-0.1, -0.05) is 12.2 Å². The van der Waals surface area contributed by atoms with Crippen LogP contribution in [0.15, 0.2) is 24.3 Å². The SMILES string of the molecule is CC(C)N1CCN(c2ccc(C(N)=S)cc2)CC1. The maximum Gasteiger partial charge on any atom is 0.103 e. The summed E-state index contributed by atoms with van der Waals surface area (Å²) < 4.78 is 0. The number of anilines is 1. The van der Waals surface area contributed by atoms with Gasteiger partial charge in [-0.15, -0.1) is 0 Å². The first-order valence-corrected chi connectivity index (χ1v) is 6.87. The van der Waals surface area contributed by atoms with E-state index in [1.165, 1.54) is 5.69 Å². The molecule has 0 saturated carbocycles. The summed E-state index contributed by atoms with van der Waals surface area (Å²) in [4.78, 5) is 5.40. The van der Waals surface area contributed by atoms with Gasteiger partial charge in [0.1, 0.15) is 4.99 Å². The zero-order valence-electron chi connectivity index (χ0n) is 11.1. The molecule has 2 rings (SSSR count). The number of piperazine rings is 1. The molecule has 0 unspecified atom stereocenters. The Hall–Kier alpha value is -1.13. The second-order valence-electron chi connectivity index (χ2n) is 5.03. The van der Waals surface area contributed by atoms with Crippen LogP contribution >= 0.6 is 12.2 Å². The van der Waals surface area contributed by atoms with E-state index in [9.17, 15) is 0 Å². The van der Waals surface area contributed by atoms with E-state index in [4.69, 9.17) is 18.0 Å². The van der Waals surface area contributed by atoms with Crippen LogP contribution in [0.2, 0.25) is 0 Å². The highest BCUT2D eigenvalue weighted by Crippen LogP contribution is 2.18. The van der Waals surface area contributed by atoms with E-state index in [-0.39, 0.29) is 0 Å². The lowest BCUT2D eigenvalue weighted by Gasteiger charge is -2.38. The van der Waals surface area contributed by atoms with Crippen LogP contribution in [0.25, 0.3) is 0 Å². The van der Waals surface area contributed by atoms with Crippen molar-refractivity contribution in [2.45, 2.75) is 19.9 Å². The Morgan fingerprint density at radius 2 is 1.67 bits per heavy atom. The molecule has 1 saturated heterocycles. The molecule has 1 fully saturated rings. The van der Waals surface area contributed by atoms with E-state index >= 15 is 0 Å². The number of thiocarbonyl (C=S) groups is 1. The van der Waals surface area contributed by atoms with E-state index < -0.39 is 0 Å². The van der Waals surface area contributed by atoms with E-state index in [0.717, 1.165) is 31.7 Å². The first kappa shape index (κ1) is 13.3. The standard InChI is InChI=1S/C14H21N3S/c1-11(2)16-7-9-17(10-8-16)13-5-3-12(4-6-13)14(15)18/h3-6,11H,7-10H2,1-2H3,(H2,15,18). The lowest BCUT2D eigenvalue weighted by molar-refractivity contribution is 0.209. The molecule has 0 bridgehead atoms. The fraction of sp³-hybridized carbons (Fsp3) is 0.500. The third-order valence-electron chi connectivity index (χ3n) is 3.56. The van der Waals surface area contributed by atoms with Crippen LogP contribution in [-0.2, 0) is 0 Å². The normalized spacial score (nSPS) is 17.2. The van der Waals surface area contributed by atoms with Gasteiger partial charge < -0.3 is 10.6 Å². The minimum Gasteiger partial charge on any atom is -0.389 e. The molecule has 1 aliphatic rings. The average Bonchev–Trinajstić information content (AvgIpc) is 2.39. The Labute approximate surface area is 115 Å². The minimum atomic E-state index is 0.464. The summed E-state index contributed by atoms with van der Waals surface area (Å²) in [7, 11) is 0. The molecule has 98 valence electrons. The van der Waals surface area contributed by atoms with Gasteiger partial charge in [0.05, 0.1) is 0 Å². The molecule has 1 aliphatic heterocycles. The Morgan fingerprint density at radius 1 is 1.11 bits per heavy atom. The molecule has 0 aliphatic carbocycles. The van der Waals surface area contributed by atoms with Crippen molar-refractivity contribution >= 4 is 22.9 Å². The van der Waals surface area contributed by atoms with E-state index in [1.54, 1.807) is 0 Å². The Bertz CT molecular complexity index is 406. The number of hydrogen-bond acceptors (Lipinski definition) is 3. The fourth-order valence-electron chi connectivity index (χ4n) is 2.33. The van der Waals surface area contributed by atoms with Gasteiger partial charge in [0.25, 0.3) is 0 Å². The highest BCUT2D eigenvalue weighted by atomic mass is 32.1. The molecule has 4 heteroatoms. The summed E-state index contributed by atoms with van der Waals surface area (Å²) in [6.45, 7) is 8.96. The number of nitrogens with two attached hydrogens (primary N) is 1. The lowest BCUT2D eigenvalue weighted by atomic mass is 10.1. The Kier molecular flexibility index (Phi) is 4.19. The summed E-state index contributed by atoms with van der Waals surface area (Å²) >= 11 is 4.96. The van der Waals surface area contributed by atoms with Crippen molar-refractivity contribution in [3.63, 3.8) is 0 Å². The van der Waals surface area contributed by atoms with E-state index in [0.29, 0.717) is 11.0 Å². The Balaban J connectivity index is 1.99. The molecule has 0 spiro atoms. The lowest BCUT2D eigenvalue weighted by Crippen LogP contribution is -2.48. The van der Waals surface area contributed by atoms with Gasteiger partial charge in [-0.05, 0) is 38.1 Å². The molecule has 0 radical (unpaired) electrons. The molecule has 1 aromatic carbocycles. The zero-order valence-corrected chi connectivity index (χ0v) is 11.9. The first-order chi connectivity index (χ1) is 8.58. The van der Waals surface area contributed by atoms with Crippen LogP contribution in [0.3, 0.4) is 0 Å². The summed E-state index contributed by atoms with van der Waals surface area (Å²) in [5.41, 5.74) is 7.81. The van der Waals surface area contributed by atoms with Crippen molar-refractivity contribution in [3.8, 4) is 0 Å². The monoisotopic (exact) mass is 263 g/mol.